The summed E-state index contributed by atoms with van der Waals surface area (Å²) in [5.41, 5.74) is 0. The van der Waals surface area contributed by atoms with Gasteiger partial charge in [-0.2, -0.15) is 4.31 Å². The van der Waals surface area contributed by atoms with Gasteiger partial charge in [0.2, 0.25) is 10.0 Å². The van der Waals surface area contributed by atoms with Crippen LogP contribution in [0.1, 0.15) is 6.42 Å². The number of hydrogen-bond acceptors (Lipinski definition) is 5. The third-order valence-corrected chi connectivity index (χ3v) is 7.56. The Morgan fingerprint density at radius 3 is 2.64 bits per heavy atom. The second-order valence-electron chi connectivity index (χ2n) is 5.63. The van der Waals surface area contributed by atoms with Crippen molar-refractivity contribution in [3.63, 3.8) is 0 Å². The van der Waals surface area contributed by atoms with Crippen molar-refractivity contribution in [3.8, 4) is 5.75 Å². The fourth-order valence-corrected chi connectivity index (χ4v) is 6.28. The lowest BCUT2D eigenvalue weighted by Crippen LogP contribution is -2.60. The second kappa shape index (κ2) is 5.67. The Morgan fingerprint density at radius 2 is 2.09 bits per heavy atom. The Balaban J connectivity index is 1.74. The van der Waals surface area contributed by atoms with Crippen LogP contribution in [0.4, 0.5) is 4.39 Å². The molecule has 1 aromatic carbocycles. The molecule has 22 heavy (non-hydrogen) atoms. The molecule has 3 rings (SSSR count). The standard InChI is InChI=1S/C14H18FNO4S2/c1-19-10-6-14(21-7-10)8-16(9-14)22(17,18)11-3-4-13(20-2)12(15)5-11/h3-5,10H,6-9H2,1-2H3/t10-/m0/s1. The topological polar surface area (TPSA) is 55.8 Å². The molecule has 2 aliphatic rings. The highest BCUT2D eigenvalue weighted by molar-refractivity contribution is 8.01. The zero-order valence-electron chi connectivity index (χ0n) is 12.4. The number of nitrogens with zero attached hydrogens (tertiary/aromatic N) is 1. The van der Waals surface area contributed by atoms with E-state index in [0.29, 0.717) is 13.1 Å². The first-order valence-corrected chi connectivity index (χ1v) is 9.33. The molecule has 2 fully saturated rings. The molecular weight excluding hydrogens is 329 g/mol. The van der Waals surface area contributed by atoms with Crippen LogP contribution in [0.3, 0.4) is 0 Å². The second-order valence-corrected chi connectivity index (χ2v) is 9.05. The smallest absolute Gasteiger partial charge is 0.243 e. The van der Waals surface area contributed by atoms with Gasteiger partial charge in [-0.05, 0) is 24.6 Å². The van der Waals surface area contributed by atoms with Crippen molar-refractivity contribution in [2.75, 3.05) is 33.1 Å². The molecule has 1 spiro atoms. The van der Waals surface area contributed by atoms with Crippen LogP contribution < -0.4 is 4.74 Å². The fourth-order valence-electron chi connectivity index (χ4n) is 2.90. The van der Waals surface area contributed by atoms with E-state index in [0.717, 1.165) is 18.2 Å². The van der Waals surface area contributed by atoms with Crippen LogP contribution in [0.25, 0.3) is 0 Å². The molecule has 2 saturated heterocycles. The lowest BCUT2D eigenvalue weighted by molar-refractivity contribution is 0.0931. The van der Waals surface area contributed by atoms with Crippen molar-refractivity contribution in [3.05, 3.63) is 24.0 Å². The molecule has 0 unspecified atom stereocenters. The molecule has 0 N–H and O–H groups in total. The summed E-state index contributed by atoms with van der Waals surface area (Å²) in [6.07, 6.45) is 1.05. The van der Waals surface area contributed by atoms with Gasteiger partial charge in [0, 0.05) is 30.7 Å². The summed E-state index contributed by atoms with van der Waals surface area (Å²) in [7, 11) is -0.633. The first-order chi connectivity index (χ1) is 10.4. The summed E-state index contributed by atoms with van der Waals surface area (Å²) in [6, 6.07) is 3.73. The van der Waals surface area contributed by atoms with Crippen molar-refractivity contribution >= 4 is 21.8 Å². The first-order valence-electron chi connectivity index (χ1n) is 6.91. The van der Waals surface area contributed by atoms with Gasteiger partial charge in [-0.3, -0.25) is 0 Å². The number of thioether (sulfide) groups is 1. The number of sulfonamides is 1. The maximum absolute atomic E-state index is 13.7. The van der Waals surface area contributed by atoms with E-state index in [-0.39, 0.29) is 21.5 Å². The minimum atomic E-state index is -3.65. The highest BCUT2D eigenvalue weighted by Gasteiger charge is 2.53. The van der Waals surface area contributed by atoms with Gasteiger partial charge in [-0.15, -0.1) is 11.8 Å². The zero-order valence-corrected chi connectivity index (χ0v) is 14.0. The van der Waals surface area contributed by atoms with Crippen molar-refractivity contribution in [1.29, 1.82) is 0 Å². The van der Waals surface area contributed by atoms with Gasteiger partial charge >= 0.3 is 0 Å². The number of hydrogen-bond donors (Lipinski definition) is 0. The predicted molar refractivity (Wildman–Crippen MR) is 82.3 cm³/mol. The SMILES string of the molecule is COc1ccc(S(=O)(=O)N2CC3(C[C@H](OC)CS3)C2)cc1F. The first kappa shape index (κ1) is 16.0. The van der Waals surface area contributed by atoms with Gasteiger partial charge in [0.15, 0.2) is 11.6 Å². The van der Waals surface area contributed by atoms with Crippen molar-refractivity contribution < 1.29 is 22.3 Å². The van der Waals surface area contributed by atoms with E-state index in [2.05, 4.69) is 0 Å². The van der Waals surface area contributed by atoms with Gasteiger partial charge in [0.1, 0.15) is 0 Å². The maximum Gasteiger partial charge on any atom is 0.243 e. The van der Waals surface area contributed by atoms with Crippen LogP contribution in [-0.4, -0.2) is 56.6 Å². The fraction of sp³-hybridized carbons (Fsp3) is 0.571. The van der Waals surface area contributed by atoms with Gasteiger partial charge in [0.25, 0.3) is 0 Å². The Bertz CT molecular complexity index is 673. The molecule has 0 saturated carbocycles. The molecule has 0 aliphatic carbocycles. The Kier molecular flexibility index (Phi) is 4.13. The van der Waals surface area contributed by atoms with Crippen LogP contribution in [0.2, 0.25) is 0 Å². The van der Waals surface area contributed by atoms with E-state index in [1.54, 1.807) is 18.9 Å². The van der Waals surface area contributed by atoms with E-state index < -0.39 is 15.8 Å². The van der Waals surface area contributed by atoms with Crippen molar-refractivity contribution in [1.82, 2.24) is 4.31 Å². The van der Waals surface area contributed by atoms with Crippen LogP contribution in [0.5, 0.6) is 5.75 Å². The highest BCUT2D eigenvalue weighted by Crippen LogP contribution is 2.47. The van der Waals surface area contributed by atoms with Gasteiger partial charge in [0.05, 0.1) is 18.1 Å². The molecule has 1 aromatic rings. The molecule has 0 bridgehead atoms. The van der Waals surface area contributed by atoms with Crippen LogP contribution in [-0.2, 0) is 14.8 Å². The molecule has 122 valence electrons. The molecule has 0 aromatic heterocycles. The summed E-state index contributed by atoms with van der Waals surface area (Å²) >= 11 is 1.76. The van der Waals surface area contributed by atoms with E-state index in [9.17, 15) is 12.8 Å². The minimum Gasteiger partial charge on any atom is -0.494 e. The molecule has 2 heterocycles. The molecule has 8 heteroatoms. The predicted octanol–water partition coefficient (Wildman–Crippen LogP) is 1.73. The van der Waals surface area contributed by atoms with E-state index in [1.165, 1.54) is 23.5 Å². The number of rotatable bonds is 4. The summed E-state index contributed by atoms with van der Waals surface area (Å²) in [5, 5.41) is 0. The van der Waals surface area contributed by atoms with E-state index >= 15 is 0 Å². The zero-order chi connectivity index (χ0) is 16.0. The monoisotopic (exact) mass is 347 g/mol. The largest absolute Gasteiger partial charge is 0.494 e. The normalized spacial score (nSPS) is 24.4. The van der Waals surface area contributed by atoms with Gasteiger partial charge < -0.3 is 9.47 Å². The molecule has 0 radical (unpaired) electrons. The van der Waals surface area contributed by atoms with E-state index in [4.69, 9.17) is 9.47 Å². The third kappa shape index (κ3) is 2.62. The molecule has 0 amide bonds. The minimum absolute atomic E-state index is 0.0352. The van der Waals surface area contributed by atoms with Crippen LogP contribution in [0, 0.1) is 5.82 Å². The quantitative estimate of drug-likeness (QED) is 0.830. The van der Waals surface area contributed by atoms with Gasteiger partial charge in [-0.25, -0.2) is 12.8 Å². The average Bonchev–Trinajstić information content (AvgIpc) is 2.90. The lowest BCUT2D eigenvalue weighted by Gasteiger charge is -2.46. The van der Waals surface area contributed by atoms with Crippen molar-refractivity contribution in [2.45, 2.75) is 22.2 Å². The Morgan fingerprint density at radius 1 is 1.36 bits per heavy atom. The van der Waals surface area contributed by atoms with Crippen LogP contribution in [0.15, 0.2) is 23.1 Å². The summed E-state index contributed by atoms with van der Waals surface area (Å²) in [6.45, 7) is 0.904. The number of halogens is 1. The number of ether oxygens (including phenoxy) is 2. The third-order valence-electron chi connectivity index (χ3n) is 4.20. The van der Waals surface area contributed by atoms with Crippen LogP contribution >= 0.6 is 11.8 Å². The maximum atomic E-state index is 13.7. The van der Waals surface area contributed by atoms with E-state index in [1.807, 2.05) is 0 Å². The van der Waals surface area contributed by atoms with Gasteiger partial charge in [-0.1, -0.05) is 0 Å². The molecule has 1 atom stereocenters. The average molecular weight is 347 g/mol. The lowest BCUT2D eigenvalue weighted by atomic mass is 9.96. The Hall–Kier alpha value is -0.830. The van der Waals surface area contributed by atoms with Crippen molar-refractivity contribution in [2.24, 2.45) is 0 Å². The Labute approximate surface area is 133 Å². The summed E-state index contributed by atoms with van der Waals surface area (Å²) in [5.74, 6) is 0.253. The molecular formula is C14H18FNO4S2. The summed E-state index contributed by atoms with van der Waals surface area (Å²) < 4.78 is 50.3. The summed E-state index contributed by atoms with van der Waals surface area (Å²) in [4.78, 5) is -0.0352. The number of methoxy groups -OCH3 is 2. The molecule has 5 nitrogen and oxygen atoms in total. The number of benzene rings is 1. The molecule has 2 aliphatic heterocycles. The highest BCUT2D eigenvalue weighted by atomic mass is 32.2.